The SMILES string of the molecule is O=C(NCc1cccs1)[C@@H]1CCCN(S(=O)(=O)c2ccc(-c3ccn[nH]3)o2)C1. The number of amides is 1. The van der Waals surface area contributed by atoms with Crippen molar-refractivity contribution >= 4 is 27.3 Å². The average Bonchev–Trinajstić information content (AvgIpc) is 3.48. The highest BCUT2D eigenvalue weighted by molar-refractivity contribution is 7.89. The van der Waals surface area contributed by atoms with Crippen LogP contribution in [0.2, 0.25) is 0 Å². The maximum absolute atomic E-state index is 13.0. The van der Waals surface area contributed by atoms with E-state index in [9.17, 15) is 13.2 Å². The number of furan rings is 1. The summed E-state index contributed by atoms with van der Waals surface area (Å²) in [5, 5.41) is 11.3. The lowest BCUT2D eigenvalue weighted by atomic mass is 9.99. The molecule has 3 aromatic heterocycles. The number of hydrogen-bond acceptors (Lipinski definition) is 6. The molecule has 0 unspecified atom stereocenters. The molecule has 8 nitrogen and oxygen atoms in total. The van der Waals surface area contributed by atoms with Gasteiger partial charge in [-0.2, -0.15) is 9.40 Å². The van der Waals surface area contributed by atoms with E-state index in [1.54, 1.807) is 29.7 Å². The molecule has 3 aromatic rings. The van der Waals surface area contributed by atoms with Crippen molar-refractivity contribution in [3.05, 3.63) is 46.8 Å². The van der Waals surface area contributed by atoms with Crippen molar-refractivity contribution in [1.29, 1.82) is 0 Å². The van der Waals surface area contributed by atoms with E-state index >= 15 is 0 Å². The molecule has 0 aliphatic carbocycles. The third-order valence-corrected chi connectivity index (χ3v) is 7.33. The predicted octanol–water partition coefficient (Wildman–Crippen LogP) is 2.45. The van der Waals surface area contributed by atoms with Crippen molar-refractivity contribution < 1.29 is 17.6 Å². The van der Waals surface area contributed by atoms with Crippen molar-refractivity contribution in [3.8, 4) is 11.5 Å². The minimum atomic E-state index is -3.80. The number of piperidine rings is 1. The fraction of sp³-hybridized carbons (Fsp3) is 0.333. The summed E-state index contributed by atoms with van der Waals surface area (Å²) < 4.78 is 32.8. The van der Waals surface area contributed by atoms with Gasteiger partial charge >= 0.3 is 0 Å². The molecule has 2 N–H and O–H groups in total. The number of sulfonamides is 1. The van der Waals surface area contributed by atoms with E-state index < -0.39 is 10.0 Å². The maximum atomic E-state index is 13.0. The second-order valence-electron chi connectivity index (χ2n) is 6.59. The molecule has 0 radical (unpaired) electrons. The number of rotatable bonds is 6. The van der Waals surface area contributed by atoms with Crippen molar-refractivity contribution in [1.82, 2.24) is 19.8 Å². The van der Waals surface area contributed by atoms with Gasteiger partial charge in [0.25, 0.3) is 10.0 Å². The van der Waals surface area contributed by atoms with Gasteiger partial charge in [0.05, 0.1) is 12.5 Å². The third-order valence-electron chi connectivity index (χ3n) is 4.71. The summed E-state index contributed by atoms with van der Waals surface area (Å²) in [6, 6.07) is 8.62. The van der Waals surface area contributed by atoms with Crippen LogP contribution in [0.1, 0.15) is 17.7 Å². The van der Waals surface area contributed by atoms with Crippen molar-refractivity contribution in [2.75, 3.05) is 13.1 Å². The van der Waals surface area contributed by atoms with Crippen LogP contribution in [0.4, 0.5) is 0 Å². The number of carbonyl (C=O) groups excluding carboxylic acids is 1. The number of carbonyl (C=O) groups is 1. The molecule has 1 saturated heterocycles. The molecular formula is C18H20N4O4S2. The number of aromatic amines is 1. The van der Waals surface area contributed by atoms with Crippen LogP contribution in [-0.4, -0.2) is 41.9 Å². The molecule has 1 amide bonds. The molecule has 28 heavy (non-hydrogen) atoms. The molecule has 4 rings (SSSR count). The molecule has 1 aliphatic heterocycles. The zero-order valence-corrected chi connectivity index (χ0v) is 16.6. The van der Waals surface area contributed by atoms with Gasteiger partial charge in [-0.15, -0.1) is 11.3 Å². The lowest BCUT2D eigenvalue weighted by Gasteiger charge is -2.30. The molecule has 0 spiro atoms. The Labute approximate surface area is 166 Å². The number of thiophene rings is 1. The first-order valence-electron chi connectivity index (χ1n) is 8.94. The number of hydrogen-bond donors (Lipinski definition) is 2. The van der Waals surface area contributed by atoms with Crippen LogP contribution in [0.3, 0.4) is 0 Å². The Morgan fingerprint density at radius 2 is 2.25 bits per heavy atom. The van der Waals surface area contributed by atoms with Crippen molar-refractivity contribution in [2.45, 2.75) is 24.5 Å². The first-order chi connectivity index (χ1) is 13.5. The third kappa shape index (κ3) is 3.89. The van der Waals surface area contributed by atoms with E-state index in [2.05, 4.69) is 15.5 Å². The first-order valence-corrected chi connectivity index (χ1v) is 11.3. The Hall–Kier alpha value is -2.43. The number of nitrogens with one attached hydrogen (secondary N) is 2. The molecule has 1 atom stereocenters. The van der Waals surface area contributed by atoms with E-state index in [1.807, 2.05) is 17.5 Å². The van der Waals surface area contributed by atoms with Gasteiger partial charge < -0.3 is 9.73 Å². The second-order valence-corrected chi connectivity index (χ2v) is 9.49. The van der Waals surface area contributed by atoms with Crippen molar-refractivity contribution in [2.24, 2.45) is 5.92 Å². The molecule has 4 heterocycles. The van der Waals surface area contributed by atoms with Gasteiger partial charge in [0, 0.05) is 24.2 Å². The van der Waals surface area contributed by atoms with Gasteiger partial charge in [0.15, 0.2) is 5.76 Å². The summed E-state index contributed by atoms with van der Waals surface area (Å²) in [7, 11) is -3.80. The average molecular weight is 421 g/mol. The summed E-state index contributed by atoms with van der Waals surface area (Å²) >= 11 is 1.57. The van der Waals surface area contributed by atoms with Gasteiger partial charge in [0.2, 0.25) is 11.0 Å². The van der Waals surface area contributed by atoms with E-state index in [1.165, 1.54) is 10.4 Å². The van der Waals surface area contributed by atoms with Crippen LogP contribution in [0.5, 0.6) is 0 Å². The smallest absolute Gasteiger partial charge is 0.276 e. The molecule has 0 aromatic carbocycles. The Morgan fingerprint density at radius 3 is 3.00 bits per heavy atom. The number of aromatic nitrogens is 2. The maximum Gasteiger partial charge on any atom is 0.276 e. The van der Waals surface area contributed by atoms with Crippen LogP contribution in [0, 0.1) is 5.92 Å². The highest BCUT2D eigenvalue weighted by atomic mass is 32.2. The van der Waals surface area contributed by atoms with Gasteiger partial charge in [-0.3, -0.25) is 9.89 Å². The zero-order chi connectivity index (χ0) is 19.6. The molecule has 148 valence electrons. The monoisotopic (exact) mass is 420 g/mol. The molecule has 10 heteroatoms. The van der Waals surface area contributed by atoms with Crippen LogP contribution >= 0.6 is 11.3 Å². The summed E-state index contributed by atoms with van der Waals surface area (Å²) in [6.07, 6.45) is 2.86. The highest BCUT2D eigenvalue weighted by Gasteiger charge is 2.35. The zero-order valence-electron chi connectivity index (χ0n) is 15.0. The normalized spacial score (nSPS) is 18.2. The standard InChI is InChI=1S/C18H20N4O4S2/c23-18(19-11-14-4-2-10-27-14)13-3-1-9-22(12-13)28(24,25)17-6-5-16(26-17)15-7-8-20-21-15/h2,4-8,10,13H,1,3,9,11-12H2,(H,19,23)(H,20,21)/t13-/m1/s1. The fourth-order valence-electron chi connectivity index (χ4n) is 3.23. The molecule has 1 aliphatic rings. The summed E-state index contributed by atoms with van der Waals surface area (Å²) in [5.41, 5.74) is 0.603. The van der Waals surface area contributed by atoms with Crippen LogP contribution in [-0.2, 0) is 21.4 Å². The number of H-pyrrole nitrogens is 1. The Balaban J connectivity index is 1.43. The topological polar surface area (TPSA) is 108 Å². The lowest BCUT2D eigenvalue weighted by Crippen LogP contribution is -2.45. The minimum absolute atomic E-state index is 0.120. The Kier molecular flexibility index (Phi) is 5.33. The van der Waals surface area contributed by atoms with Crippen LogP contribution in [0.25, 0.3) is 11.5 Å². The summed E-state index contributed by atoms with van der Waals surface area (Å²) in [5.74, 6) is -0.0882. The van der Waals surface area contributed by atoms with Gasteiger partial charge in [-0.25, -0.2) is 8.42 Å². The first kappa shape index (κ1) is 18.9. The van der Waals surface area contributed by atoms with E-state index in [0.717, 1.165) is 4.88 Å². The number of nitrogens with zero attached hydrogens (tertiary/aromatic N) is 2. The van der Waals surface area contributed by atoms with E-state index in [-0.39, 0.29) is 23.5 Å². The summed E-state index contributed by atoms with van der Waals surface area (Å²) in [4.78, 5) is 13.6. The van der Waals surface area contributed by atoms with Gasteiger partial charge in [0.1, 0.15) is 5.69 Å². The molecule has 0 saturated carbocycles. The predicted molar refractivity (Wildman–Crippen MR) is 104 cm³/mol. The van der Waals surface area contributed by atoms with Crippen LogP contribution in [0.15, 0.2) is 51.4 Å². The van der Waals surface area contributed by atoms with Crippen molar-refractivity contribution in [3.63, 3.8) is 0 Å². The molecule has 0 bridgehead atoms. The second kappa shape index (κ2) is 7.90. The minimum Gasteiger partial charge on any atom is -0.442 e. The molecule has 1 fully saturated rings. The van der Waals surface area contributed by atoms with Gasteiger partial charge in [-0.05, 0) is 42.5 Å². The highest BCUT2D eigenvalue weighted by Crippen LogP contribution is 2.28. The van der Waals surface area contributed by atoms with Gasteiger partial charge in [-0.1, -0.05) is 6.07 Å². The Bertz CT molecular complexity index is 1030. The van der Waals surface area contributed by atoms with E-state index in [4.69, 9.17) is 4.42 Å². The molecular weight excluding hydrogens is 400 g/mol. The summed E-state index contributed by atoms with van der Waals surface area (Å²) in [6.45, 7) is 0.987. The van der Waals surface area contributed by atoms with E-state index in [0.29, 0.717) is 37.4 Å². The van der Waals surface area contributed by atoms with Crippen LogP contribution < -0.4 is 5.32 Å². The fourth-order valence-corrected chi connectivity index (χ4v) is 5.31. The lowest BCUT2D eigenvalue weighted by molar-refractivity contribution is -0.126. The Morgan fingerprint density at radius 1 is 1.36 bits per heavy atom. The quantitative estimate of drug-likeness (QED) is 0.637. The largest absolute Gasteiger partial charge is 0.442 e.